The third-order valence-corrected chi connectivity index (χ3v) is 6.53. The quantitative estimate of drug-likeness (QED) is 0.575. The fourth-order valence-electron chi connectivity index (χ4n) is 4.51. The number of nitrogens with zero attached hydrogens (tertiary/aromatic N) is 5. The number of hydrogen-bond acceptors (Lipinski definition) is 7. The highest BCUT2D eigenvalue weighted by molar-refractivity contribution is 5.63. The summed E-state index contributed by atoms with van der Waals surface area (Å²) >= 11 is 0. The van der Waals surface area contributed by atoms with Crippen LogP contribution < -0.4 is 0 Å². The second-order valence-corrected chi connectivity index (χ2v) is 8.97. The van der Waals surface area contributed by atoms with Crippen molar-refractivity contribution < 1.29 is 9.26 Å². The summed E-state index contributed by atoms with van der Waals surface area (Å²) in [6, 6.07) is 8.55. The molecule has 0 radical (unpaired) electrons. The predicted molar refractivity (Wildman–Crippen MR) is 129 cm³/mol. The summed E-state index contributed by atoms with van der Waals surface area (Å²) in [4.78, 5) is 6.84. The van der Waals surface area contributed by atoms with E-state index in [-0.39, 0.29) is 11.5 Å². The molecule has 174 valence electrons. The van der Waals surface area contributed by atoms with E-state index in [1.165, 1.54) is 11.1 Å². The van der Waals surface area contributed by atoms with Crippen LogP contribution in [0.3, 0.4) is 0 Å². The maximum Gasteiger partial charge on any atom is 0.246 e. The highest BCUT2D eigenvalue weighted by atomic mass is 16.5. The van der Waals surface area contributed by atoms with Crippen molar-refractivity contribution in [1.82, 2.24) is 20.0 Å². The molecule has 33 heavy (non-hydrogen) atoms. The van der Waals surface area contributed by atoms with Crippen LogP contribution in [0.2, 0.25) is 0 Å². The second-order valence-electron chi connectivity index (χ2n) is 8.97. The van der Waals surface area contributed by atoms with Gasteiger partial charge in [0.2, 0.25) is 5.89 Å². The van der Waals surface area contributed by atoms with E-state index in [1.807, 2.05) is 11.8 Å². The van der Waals surface area contributed by atoms with Crippen LogP contribution >= 0.6 is 0 Å². The van der Waals surface area contributed by atoms with Crippen LogP contribution in [0.4, 0.5) is 0 Å². The second kappa shape index (κ2) is 9.35. The first-order valence-electron chi connectivity index (χ1n) is 11.5. The summed E-state index contributed by atoms with van der Waals surface area (Å²) in [5, 5.41) is 10.7. The molecule has 2 aliphatic heterocycles. The molecule has 0 unspecified atom stereocenters. The Hall–Kier alpha value is -3.19. The number of benzene rings is 1. The maximum atomic E-state index is 6.22. The van der Waals surface area contributed by atoms with Gasteiger partial charge in [-0.05, 0) is 51.7 Å². The highest BCUT2D eigenvalue weighted by Gasteiger charge is 2.44. The van der Waals surface area contributed by atoms with E-state index in [2.05, 4.69) is 74.9 Å². The number of hydrazone groups is 1. The van der Waals surface area contributed by atoms with Gasteiger partial charge in [-0.2, -0.15) is 10.1 Å². The summed E-state index contributed by atoms with van der Waals surface area (Å²) in [5.41, 5.74) is 5.37. The lowest BCUT2D eigenvalue weighted by molar-refractivity contribution is 0.103. The highest BCUT2D eigenvalue weighted by Crippen LogP contribution is 2.44. The van der Waals surface area contributed by atoms with Gasteiger partial charge < -0.3 is 14.2 Å². The normalized spacial score (nSPS) is 24.1. The van der Waals surface area contributed by atoms with E-state index >= 15 is 0 Å². The number of hydrogen-bond donors (Lipinski definition) is 0. The van der Waals surface area contributed by atoms with Gasteiger partial charge in [-0.25, -0.2) is 5.01 Å². The Balaban J connectivity index is 1.54. The van der Waals surface area contributed by atoms with Gasteiger partial charge in [-0.3, -0.25) is 0 Å². The van der Waals surface area contributed by atoms with Gasteiger partial charge in [0, 0.05) is 6.20 Å². The number of aryl methyl sites for hydroxylation is 1. The molecular formula is C26H33N5O2. The molecule has 1 fully saturated rings. The molecule has 2 atom stereocenters. The summed E-state index contributed by atoms with van der Waals surface area (Å²) in [7, 11) is 0. The lowest BCUT2D eigenvalue weighted by Crippen LogP contribution is -2.32. The van der Waals surface area contributed by atoms with Crippen molar-refractivity contribution in [3.05, 3.63) is 82.9 Å². The van der Waals surface area contributed by atoms with Crippen LogP contribution in [0.15, 0.2) is 69.7 Å². The molecule has 0 amide bonds. The molecule has 2 aliphatic rings. The largest absolute Gasteiger partial charge is 0.372 e. The number of allylic oxidation sites excluding steroid dienone is 2. The Morgan fingerprint density at radius 3 is 2.67 bits per heavy atom. The first-order valence-corrected chi connectivity index (χ1v) is 11.5. The fourth-order valence-corrected chi connectivity index (χ4v) is 4.51. The smallest absolute Gasteiger partial charge is 0.246 e. The van der Waals surface area contributed by atoms with Crippen molar-refractivity contribution in [2.45, 2.75) is 65.5 Å². The van der Waals surface area contributed by atoms with E-state index in [1.54, 1.807) is 17.5 Å². The Morgan fingerprint density at radius 1 is 1.27 bits per heavy atom. The summed E-state index contributed by atoms with van der Waals surface area (Å²) in [6.07, 6.45) is 7.31. The molecule has 7 heteroatoms. The predicted octanol–water partition coefficient (Wildman–Crippen LogP) is 5.59. The molecule has 1 aromatic heterocycles. The number of ether oxygens (including phenoxy) is 1. The van der Waals surface area contributed by atoms with Gasteiger partial charge >= 0.3 is 0 Å². The molecule has 7 nitrogen and oxygen atoms in total. The third kappa shape index (κ3) is 4.37. The minimum absolute atomic E-state index is 0.0430. The number of aromatic nitrogens is 2. The molecule has 3 heterocycles. The van der Waals surface area contributed by atoms with Crippen molar-refractivity contribution >= 4 is 6.34 Å². The molecule has 1 saturated heterocycles. The lowest BCUT2D eigenvalue weighted by Gasteiger charge is -2.33. The van der Waals surface area contributed by atoms with Crippen molar-refractivity contribution in [2.75, 3.05) is 6.61 Å². The maximum absolute atomic E-state index is 6.22. The lowest BCUT2D eigenvalue weighted by atomic mass is 9.81. The summed E-state index contributed by atoms with van der Waals surface area (Å²) < 4.78 is 11.9. The van der Waals surface area contributed by atoms with Gasteiger partial charge in [0.05, 0.1) is 29.5 Å². The van der Waals surface area contributed by atoms with E-state index in [9.17, 15) is 0 Å². The zero-order valence-corrected chi connectivity index (χ0v) is 20.2. The molecule has 0 saturated carbocycles. The van der Waals surface area contributed by atoms with Crippen LogP contribution in [0.1, 0.15) is 69.5 Å². The van der Waals surface area contributed by atoms with Crippen LogP contribution in [0, 0.1) is 6.92 Å². The zero-order valence-electron chi connectivity index (χ0n) is 20.2. The summed E-state index contributed by atoms with van der Waals surface area (Å²) in [5.74, 6) is 1.28. The van der Waals surface area contributed by atoms with E-state index in [4.69, 9.17) is 14.2 Å². The standard InChI is InChI=1S/C26H33N5O2/c1-7-21-24(18(4)5)31(9-3)27-17-30(21)15-23-28-25(29-33-23)26(8-2)14-22(32-16-26)20-12-10-19(6)11-13-20/h7,9-13,17,22H,3,8,14-16H2,1-2,4-6H3/b21-7+/t22-,26+/m1/s1. The Morgan fingerprint density at radius 2 is 2.03 bits per heavy atom. The number of rotatable bonds is 6. The topological polar surface area (TPSA) is 67.0 Å². The molecule has 4 rings (SSSR count). The van der Waals surface area contributed by atoms with E-state index in [0.29, 0.717) is 19.0 Å². The fraction of sp³-hybridized carbons (Fsp3) is 0.423. The van der Waals surface area contributed by atoms with Crippen molar-refractivity contribution in [1.29, 1.82) is 0 Å². The van der Waals surface area contributed by atoms with E-state index < -0.39 is 0 Å². The van der Waals surface area contributed by atoms with Gasteiger partial charge in [0.1, 0.15) is 12.9 Å². The minimum Gasteiger partial charge on any atom is -0.372 e. The minimum atomic E-state index is -0.249. The van der Waals surface area contributed by atoms with Crippen molar-refractivity contribution in [3.8, 4) is 0 Å². The Labute approximate surface area is 196 Å². The van der Waals surface area contributed by atoms with Crippen molar-refractivity contribution in [2.24, 2.45) is 5.10 Å². The van der Waals surface area contributed by atoms with Gasteiger partial charge in [0.15, 0.2) is 5.82 Å². The molecule has 1 aromatic carbocycles. The third-order valence-electron chi connectivity index (χ3n) is 6.53. The average Bonchev–Trinajstić information content (AvgIpc) is 3.47. The first kappa shape index (κ1) is 23.0. The molecule has 0 bridgehead atoms. The van der Waals surface area contributed by atoms with Crippen LogP contribution in [0.25, 0.3) is 0 Å². The van der Waals surface area contributed by atoms with Crippen LogP contribution in [0.5, 0.6) is 0 Å². The van der Waals surface area contributed by atoms with Gasteiger partial charge in [-0.1, -0.05) is 54.6 Å². The Kier molecular flexibility index (Phi) is 6.51. The Bertz CT molecular complexity index is 1090. The molecule has 0 N–H and O–H groups in total. The van der Waals surface area contributed by atoms with Gasteiger partial charge in [0.25, 0.3) is 0 Å². The van der Waals surface area contributed by atoms with Crippen molar-refractivity contribution in [3.63, 3.8) is 0 Å². The monoisotopic (exact) mass is 447 g/mol. The van der Waals surface area contributed by atoms with Gasteiger partial charge in [-0.15, -0.1) is 0 Å². The zero-order chi connectivity index (χ0) is 23.6. The first-order chi connectivity index (χ1) is 15.9. The SMILES string of the molecule is C=CN1N=CN(Cc2nc([C@]3(CC)CO[C@@H](c4ccc(C)cc4)C3)no2)/C(=C/C)C1=C(C)C. The molecule has 0 spiro atoms. The van der Waals surface area contributed by atoms with E-state index in [0.717, 1.165) is 35.6 Å². The molecule has 2 aromatic rings. The molecule has 0 aliphatic carbocycles. The average molecular weight is 448 g/mol. The summed E-state index contributed by atoms with van der Waals surface area (Å²) in [6.45, 7) is 15.3. The van der Waals surface area contributed by atoms with Crippen LogP contribution in [-0.4, -0.2) is 33.0 Å². The van der Waals surface area contributed by atoms with Crippen LogP contribution in [-0.2, 0) is 16.7 Å². The molecular weight excluding hydrogens is 414 g/mol.